The maximum absolute atomic E-state index is 12.1. The van der Waals surface area contributed by atoms with Crippen LogP contribution >= 0.6 is 23.2 Å². The highest BCUT2D eigenvalue weighted by Gasteiger charge is 2.31. The fourth-order valence-corrected chi connectivity index (χ4v) is 1.74. The molecule has 3 nitrogen and oxygen atoms in total. The Hall–Kier alpha value is -1.53. The molecule has 0 aliphatic carbocycles. The maximum Gasteiger partial charge on any atom is 0.573 e. The lowest BCUT2D eigenvalue weighted by Gasteiger charge is -2.11. The van der Waals surface area contributed by atoms with Crippen LogP contribution in [0.2, 0.25) is 10.2 Å². The smallest absolute Gasteiger partial charge is 0.406 e. The van der Waals surface area contributed by atoms with Crippen LogP contribution in [0.1, 0.15) is 0 Å². The second-order valence-corrected chi connectivity index (χ2v) is 4.21. The zero-order chi connectivity index (χ0) is 14.0. The number of aromatic nitrogens is 2. The minimum Gasteiger partial charge on any atom is -0.406 e. The minimum atomic E-state index is -4.77. The van der Waals surface area contributed by atoms with Gasteiger partial charge in [-0.05, 0) is 18.2 Å². The van der Waals surface area contributed by atoms with E-state index in [0.717, 1.165) is 12.1 Å². The molecule has 0 saturated carbocycles. The van der Waals surface area contributed by atoms with E-state index in [4.69, 9.17) is 23.2 Å². The van der Waals surface area contributed by atoms with Crippen LogP contribution < -0.4 is 4.74 Å². The molecular formula is C11H5Cl2F3N2O. The van der Waals surface area contributed by atoms with Crippen LogP contribution in [-0.4, -0.2) is 16.3 Å². The molecular weight excluding hydrogens is 304 g/mol. The molecule has 0 fully saturated rings. The molecule has 100 valence electrons. The molecule has 0 radical (unpaired) electrons. The first-order chi connectivity index (χ1) is 8.85. The minimum absolute atomic E-state index is 0.156. The summed E-state index contributed by atoms with van der Waals surface area (Å²) in [5, 5.41) is 0.382. The van der Waals surface area contributed by atoms with E-state index >= 15 is 0 Å². The number of rotatable bonds is 2. The first-order valence-electron chi connectivity index (χ1n) is 4.88. The molecule has 0 amide bonds. The van der Waals surface area contributed by atoms with Crippen LogP contribution in [0.25, 0.3) is 11.3 Å². The van der Waals surface area contributed by atoms with E-state index in [1.54, 1.807) is 0 Å². The van der Waals surface area contributed by atoms with Crippen molar-refractivity contribution in [3.05, 3.63) is 40.8 Å². The molecule has 8 heteroatoms. The predicted octanol–water partition coefficient (Wildman–Crippen LogP) is 4.35. The molecule has 1 aromatic carbocycles. The first kappa shape index (κ1) is 13.9. The van der Waals surface area contributed by atoms with E-state index in [0.29, 0.717) is 5.69 Å². The number of hydrogen-bond acceptors (Lipinski definition) is 3. The first-order valence-corrected chi connectivity index (χ1v) is 5.64. The second kappa shape index (κ2) is 5.22. The van der Waals surface area contributed by atoms with Gasteiger partial charge >= 0.3 is 6.36 Å². The number of alkyl halides is 3. The monoisotopic (exact) mass is 308 g/mol. The van der Waals surface area contributed by atoms with Gasteiger partial charge in [-0.1, -0.05) is 23.2 Å². The van der Waals surface area contributed by atoms with Gasteiger partial charge in [0.15, 0.2) is 0 Å². The quantitative estimate of drug-likeness (QED) is 0.774. The number of hydrogen-bond donors (Lipinski definition) is 0. The Balaban J connectivity index is 2.43. The molecule has 0 aliphatic heterocycles. The third-order valence-electron chi connectivity index (χ3n) is 2.08. The molecule has 0 unspecified atom stereocenters. The number of ether oxygens (including phenoxy) is 1. The molecule has 1 aromatic heterocycles. The molecule has 0 N–H and O–H groups in total. The summed E-state index contributed by atoms with van der Waals surface area (Å²) < 4.78 is 40.2. The largest absolute Gasteiger partial charge is 0.573 e. The van der Waals surface area contributed by atoms with Crippen molar-refractivity contribution in [2.24, 2.45) is 0 Å². The summed E-state index contributed by atoms with van der Waals surface area (Å²) in [4.78, 5) is 7.57. The molecule has 1 heterocycles. The van der Waals surface area contributed by atoms with Crippen LogP contribution in [0.15, 0.2) is 30.6 Å². The van der Waals surface area contributed by atoms with Crippen molar-refractivity contribution in [1.82, 2.24) is 9.97 Å². The van der Waals surface area contributed by atoms with Gasteiger partial charge in [-0.15, -0.1) is 13.2 Å². The standard InChI is InChI=1S/C11H5Cl2F3N2O/c12-8-2-1-6(19-11(14,15)16)3-7(8)9-4-10(13)18-5-17-9/h1-5H. The average Bonchev–Trinajstić information content (AvgIpc) is 2.30. The van der Waals surface area contributed by atoms with Gasteiger partial charge in [0.05, 0.1) is 10.7 Å². The lowest BCUT2D eigenvalue weighted by molar-refractivity contribution is -0.274. The Labute approximate surface area is 116 Å². The fourth-order valence-electron chi connectivity index (χ4n) is 1.38. The molecule has 19 heavy (non-hydrogen) atoms. The van der Waals surface area contributed by atoms with Gasteiger partial charge in [-0.2, -0.15) is 0 Å². The second-order valence-electron chi connectivity index (χ2n) is 3.42. The van der Waals surface area contributed by atoms with Gasteiger partial charge in [0.25, 0.3) is 0 Å². The summed E-state index contributed by atoms with van der Waals surface area (Å²) in [5.41, 5.74) is 0.574. The number of nitrogens with zero attached hydrogens (tertiary/aromatic N) is 2. The maximum atomic E-state index is 12.1. The molecule has 2 rings (SSSR count). The Bertz CT molecular complexity index is 605. The zero-order valence-electron chi connectivity index (χ0n) is 9.08. The Morgan fingerprint density at radius 1 is 1.05 bits per heavy atom. The third-order valence-corrected chi connectivity index (χ3v) is 2.62. The summed E-state index contributed by atoms with van der Waals surface area (Å²) in [6.45, 7) is 0. The van der Waals surface area contributed by atoms with Crippen molar-refractivity contribution < 1.29 is 17.9 Å². The third kappa shape index (κ3) is 3.71. The Morgan fingerprint density at radius 3 is 2.42 bits per heavy atom. The molecule has 0 aliphatic rings. The van der Waals surface area contributed by atoms with E-state index in [-0.39, 0.29) is 21.5 Å². The molecule has 0 spiro atoms. The molecule has 0 atom stereocenters. The Kier molecular flexibility index (Phi) is 3.82. The van der Waals surface area contributed by atoms with Crippen molar-refractivity contribution >= 4 is 23.2 Å². The van der Waals surface area contributed by atoms with Crippen molar-refractivity contribution in [3.63, 3.8) is 0 Å². The number of halogens is 5. The van der Waals surface area contributed by atoms with Crippen molar-refractivity contribution in [1.29, 1.82) is 0 Å². The van der Waals surface area contributed by atoms with E-state index < -0.39 is 6.36 Å². The van der Waals surface area contributed by atoms with Crippen molar-refractivity contribution in [2.45, 2.75) is 6.36 Å². The van der Waals surface area contributed by atoms with E-state index in [1.807, 2.05) is 0 Å². The van der Waals surface area contributed by atoms with E-state index in [2.05, 4.69) is 14.7 Å². The van der Waals surface area contributed by atoms with Crippen LogP contribution in [0.4, 0.5) is 13.2 Å². The molecule has 0 saturated heterocycles. The summed E-state index contributed by atoms with van der Waals surface area (Å²) in [6.07, 6.45) is -3.58. The van der Waals surface area contributed by atoms with Gasteiger partial charge in [-0.3, -0.25) is 0 Å². The average molecular weight is 309 g/mol. The molecule has 2 aromatic rings. The lowest BCUT2D eigenvalue weighted by atomic mass is 10.1. The van der Waals surface area contributed by atoms with Gasteiger partial charge in [0, 0.05) is 11.6 Å². The van der Waals surface area contributed by atoms with E-state index in [9.17, 15) is 13.2 Å². The summed E-state index contributed by atoms with van der Waals surface area (Å²) in [5.74, 6) is -0.387. The highest BCUT2D eigenvalue weighted by Crippen LogP contribution is 2.33. The van der Waals surface area contributed by atoms with Gasteiger partial charge in [0.2, 0.25) is 0 Å². The summed E-state index contributed by atoms with van der Waals surface area (Å²) in [7, 11) is 0. The van der Waals surface area contributed by atoms with Gasteiger partial charge in [0.1, 0.15) is 17.2 Å². The predicted molar refractivity (Wildman–Crippen MR) is 64.2 cm³/mol. The van der Waals surface area contributed by atoms with E-state index in [1.165, 1.54) is 18.5 Å². The molecule has 0 bridgehead atoms. The van der Waals surface area contributed by atoms with Gasteiger partial charge in [-0.25, -0.2) is 9.97 Å². The summed E-state index contributed by atoms with van der Waals surface area (Å²) in [6, 6.07) is 4.92. The SMILES string of the molecule is FC(F)(F)Oc1ccc(Cl)c(-c2cc(Cl)ncn2)c1. The van der Waals surface area contributed by atoms with Crippen LogP contribution in [-0.2, 0) is 0 Å². The van der Waals surface area contributed by atoms with Crippen LogP contribution in [0.3, 0.4) is 0 Å². The normalized spacial score (nSPS) is 11.4. The highest BCUT2D eigenvalue weighted by atomic mass is 35.5. The fraction of sp³-hybridized carbons (Fsp3) is 0.0909. The lowest BCUT2D eigenvalue weighted by Crippen LogP contribution is -2.17. The van der Waals surface area contributed by atoms with Crippen LogP contribution in [0.5, 0.6) is 5.75 Å². The zero-order valence-corrected chi connectivity index (χ0v) is 10.6. The highest BCUT2D eigenvalue weighted by molar-refractivity contribution is 6.33. The Morgan fingerprint density at radius 2 is 1.79 bits per heavy atom. The van der Waals surface area contributed by atoms with Crippen molar-refractivity contribution in [2.75, 3.05) is 0 Å². The summed E-state index contributed by atoms with van der Waals surface area (Å²) >= 11 is 11.6. The topological polar surface area (TPSA) is 35.0 Å². The number of benzene rings is 1. The van der Waals surface area contributed by atoms with Gasteiger partial charge < -0.3 is 4.74 Å². The van der Waals surface area contributed by atoms with Crippen LogP contribution in [0, 0.1) is 0 Å². The van der Waals surface area contributed by atoms with Crippen molar-refractivity contribution in [3.8, 4) is 17.0 Å².